The molecule has 126 valence electrons. The number of piperidine rings is 1. The van der Waals surface area contributed by atoms with E-state index in [0.717, 1.165) is 29.8 Å². The van der Waals surface area contributed by atoms with Gasteiger partial charge in [-0.15, -0.1) is 35.3 Å². The Hall–Kier alpha value is -0.410. The summed E-state index contributed by atoms with van der Waals surface area (Å²) in [6, 6.07) is 0. The lowest BCUT2D eigenvalue weighted by Gasteiger charge is -2.30. The number of aryl methyl sites for hydroxylation is 2. The van der Waals surface area contributed by atoms with E-state index in [2.05, 4.69) is 46.4 Å². The average Bonchev–Trinajstić information content (AvgIpc) is 2.78. The summed E-state index contributed by atoms with van der Waals surface area (Å²) in [6.07, 6.45) is 2.60. The van der Waals surface area contributed by atoms with Gasteiger partial charge in [0.05, 0.1) is 12.2 Å². The highest BCUT2D eigenvalue weighted by Crippen LogP contribution is 2.16. The van der Waals surface area contributed by atoms with Crippen molar-refractivity contribution in [1.29, 1.82) is 0 Å². The van der Waals surface area contributed by atoms with Crippen LogP contribution in [0.3, 0.4) is 0 Å². The van der Waals surface area contributed by atoms with E-state index in [0.29, 0.717) is 5.92 Å². The number of nitrogens with zero attached hydrogens (tertiary/aromatic N) is 3. The van der Waals surface area contributed by atoms with Crippen LogP contribution in [0.2, 0.25) is 0 Å². The second-order valence-corrected chi connectivity index (χ2v) is 7.11. The summed E-state index contributed by atoms with van der Waals surface area (Å²) in [5.41, 5.74) is 1.13. The van der Waals surface area contributed by atoms with Gasteiger partial charge < -0.3 is 15.5 Å². The van der Waals surface area contributed by atoms with E-state index in [-0.39, 0.29) is 24.0 Å². The van der Waals surface area contributed by atoms with E-state index in [4.69, 9.17) is 0 Å². The maximum atomic E-state index is 4.54. The zero-order valence-electron chi connectivity index (χ0n) is 14.0. The highest BCUT2D eigenvalue weighted by molar-refractivity contribution is 14.0. The van der Waals surface area contributed by atoms with Gasteiger partial charge in [0.25, 0.3) is 0 Å². The average molecular weight is 437 g/mol. The van der Waals surface area contributed by atoms with E-state index in [1.807, 2.05) is 7.05 Å². The van der Waals surface area contributed by atoms with Crippen LogP contribution < -0.4 is 10.6 Å². The van der Waals surface area contributed by atoms with Crippen molar-refractivity contribution in [2.24, 2.45) is 10.9 Å². The molecule has 1 unspecified atom stereocenters. The minimum atomic E-state index is 0. The highest BCUT2D eigenvalue weighted by atomic mass is 127. The molecule has 1 fully saturated rings. The van der Waals surface area contributed by atoms with Crippen molar-refractivity contribution in [1.82, 2.24) is 20.5 Å². The number of aromatic nitrogens is 1. The molecule has 0 aliphatic carbocycles. The molecule has 2 heterocycles. The van der Waals surface area contributed by atoms with E-state index in [9.17, 15) is 0 Å². The van der Waals surface area contributed by atoms with Crippen molar-refractivity contribution < 1.29 is 0 Å². The molecule has 1 saturated heterocycles. The summed E-state index contributed by atoms with van der Waals surface area (Å²) in [7, 11) is 4.02. The molecule has 0 amide bonds. The van der Waals surface area contributed by atoms with Crippen LogP contribution in [0.1, 0.15) is 28.4 Å². The Kier molecular flexibility index (Phi) is 8.63. The van der Waals surface area contributed by atoms with Crippen LogP contribution in [-0.4, -0.2) is 49.6 Å². The van der Waals surface area contributed by atoms with Gasteiger partial charge in [0.1, 0.15) is 5.01 Å². The van der Waals surface area contributed by atoms with Gasteiger partial charge in [0, 0.05) is 25.0 Å². The van der Waals surface area contributed by atoms with Gasteiger partial charge >= 0.3 is 0 Å². The van der Waals surface area contributed by atoms with Crippen molar-refractivity contribution in [3.05, 3.63) is 15.6 Å². The van der Waals surface area contributed by atoms with Gasteiger partial charge in [0.2, 0.25) is 0 Å². The standard InChI is InChI=1S/C15H27N5S.HI/c1-11-12(2)21-14(19-11)9-18-15(16-3)17-8-13-6-5-7-20(4)10-13;/h13H,5-10H2,1-4H3,(H2,16,17,18);1H. The third-order valence-corrected chi connectivity index (χ3v) is 5.06. The fourth-order valence-electron chi connectivity index (χ4n) is 2.68. The van der Waals surface area contributed by atoms with Gasteiger partial charge in [0.15, 0.2) is 5.96 Å². The molecule has 7 heteroatoms. The van der Waals surface area contributed by atoms with Crippen molar-refractivity contribution >= 4 is 41.3 Å². The Labute approximate surface area is 155 Å². The molecule has 0 aromatic carbocycles. The van der Waals surface area contributed by atoms with Crippen molar-refractivity contribution in [2.45, 2.75) is 33.2 Å². The number of thiazole rings is 1. The summed E-state index contributed by atoms with van der Waals surface area (Å²) in [6.45, 7) is 8.30. The molecule has 1 aromatic rings. The second kappa shape index (κ2) is 9.67. The molecular weight excluding hydrogens is 409 g/mol. The highest BCUT2D eigenvalue weighted by Gasteiger charge is 2.17. The van der Waals surface area contributed by atoms with E-state index in [1.165, 1.54) is 30.8 Å². The Balaban J connectivity index is 0.00000242. The Morgan fingerprint density at radius 2 is 2.18 bits per heavy atom. The Morgan fingerprint density at radius 3 is 2.77 bits per heavy atom. The van der Waals surface area contributed by atoms with E-state index >= 15 is 0 Å². The molecule has 0 bridgehead atoms. The number of hydrogen-bond donors (Lipinski definition) is 2. The molecule has 5 nitrogen and oxygen atoms in total. The van der Waals surface area contributed by atoms with Gasteiger partial charge in [-0.2, -0.15) is 0 Å². The number of guanidine groups is 1. The first-order valence-electron chi connectivity index (χ1n) is 7.64. The lowest BCUT2D eigenvalue weighted by Crippen LogP contribution is -2.43. The molecule has 1 aromatic heterocycles. The molecule has 0 radical (unpaired) electrons. The topological polar surface area (TPSA) is 52.6 Å². The molecule has 2 rings (SSSR count). The van der Waals surface area contributed by atoms with E-state index in [1.54, 1.807) is 11.3 Å². The van der Waals surface area contributed by atoms with Crippen LogP contribution in [0.25, 0.3) is 0 Å². The zero-order valence-corrected chi connectivity index (χ0v) is 17.1. The first kappa shape index (κ1) is 19.6. The Bertz CT molecular complexity index is 469. The van der Waals surface area contributed by atoms with Crippen molar-refractivity contribution in [3.63, 3.8) is 0 Å². The summed E-state index contributed by atoms with van der Waals surface area (Å²) in [5.74, 6) is 1.58. The molecular formula is C15H28IN5S. The molecule has 2 N–H and O–H groups in total. The predicted octanol–water partition coefficient (Wildman–Crippen LogP) is 2.38. The number of aliphatic imine (C=N–C) groups is 1. The molecule has 1 aliphatic rings. The van der Waals surface area contributed by atoms with Crippen LogP contribution in [0, 0.1) is 19.8 Å². The summed E-state index contributed by atoms with van der Waals surface area (Å²) in [5, 5.41) is 7.91. The minimum absolute atomic E-state index is 0. The number of rotatable bonds is 4. The van der Waals surface area contributed by atoms with Crippen LogP contribution in [-0.2, 0) is 6.54 Å². The SMILES string of the molecule is CN=C(NCc1nc(C)c(C)s1)NCC1CCCN(C)C1.I. The van der Waals surface area contributed by atoms with Gasteiger partial charge in [-0.05, 0) is 46.2 Å². The van der Waals surface area contributed by atoms with Crippen LogP contribution in [0.4, 0.5) is 0 Å². The maximum absolute atomic E-state index is 4.54. The van der Waals surface area contributed by atoms with Crippen molar-refractivity contribution in [2.75, 3.05) is 33.7 Å². The summed E-state index contributed by atoms with van der Waals surface area (Å²) in [4.78, 5) is 12.5. The lowest BCUT2D eigenvalue weighted by atomic mass is 9.99. The third-order valence-electron chi connectivity index (χ3n) is 3.98. The number of nitrogens with one attached hydrogen (secondary N) is 2. The van der Waals surface area contributed by atoms with Crippen molar-refractivity contribution in [3.8, 4) is 0 Å². The maximum Gasteiger partial charge on any atom is 0.191 e. The second-order valence-electron chi connectivity index (χ2n) is 5.83. The third kappa shape index (κ3) is 6.00. The monoisotopic (exact) mass is 437 g/mol. The van der Waals surface area contributed by atoms with Crippen LogP contribution >= 0.6 is 35.3 Å². The predicted molar refractivity (Wildman–Crippen MR) is 105 cm³/mol. The number of hydrogen-bond acceptors (Lipinski definition) is 4. The molecule has 1 atom stereocenters. The first-order chi connectivity index (χ1) is 10.1. The van der Waals surface area contributed by atoms with Gasteiger partial charge in [-0.25, -0.2) is 4.98 Å². The summed E-state index contributed by atoms with van der Waals surface area (Å²) >= 11 is 1.75. The quantitative estimate of drug-likeness (QED) is 0.432. The van der Waals surface area contributed by atoms with Crippen LogP contribution in [0.5, 0.6) is 0 Å². The Morgan fingerprint density at radius 1 is 1.41 bits per heavy atom. The first-order valence-corrected chi connectivity index (χ1v) is 8.46. The largest absolute Gasteiger partial charge is 0.356 e. The summed E-state index contributed by atoms with van der Waals surface area (Å²) < 4.78 is 0. The lowest BCUT2D eigenvalue weighted by molar-refractivity contribution is 0.210. The van der Waals surface area contributed by atoms with E-state index < -0.39 is 0 Å². The molecule has 0 spiro atoms. The van der Waals surface area contributed by atoms with Gasteiger partial charge in [-0.1, -0.05) is 0 Å². The molecule has 0 saturated carbocycles. The zero-order chi connectivity index (χ0) is 15.2. The smallest absolute Gasteiger partial charge is 0.191 e. The fraction of sp³-hybridized carbons (Fsp3) is 0.733. The number of likely N-dealkylation sites (tertiary alicyclic amines) is 1. The molecule has 1 aliphatic heterocycles. The van der Waals surface area contributed by atoms with Gasteiger partial charge in [-0.3, -0.25) is 4.99 Å². The minimum Gasteiger partial charge on any atom is -0.356 e. The molecule has 22 heavy (non-hydrogen) atoms. The fourth-order valence-corrected chi connectivity index (χ4v) is 3.55. The normalized spacial score (nSPS) is 19.6. The number of halogens is 1. The van der Waals surface area contributed by atoms with Crippen LogP contribution in [0.15, 0.2) is 4.99 Å².